The number of hydrogen-bond acceptors (Lipinski definition) is 7. The zero-order valence-corrected chi connectivity index (χ0v) is 13.4. The first kappa shape index (κ1) is 17.2. The second kappa shape index (κ2) is 8.47. The van der Waals surface area contributed by atoms with Crippen molar-refractivity contribution in [2.75, 3.05) is 26.1 Å². The van der Waals surface area contributed by atoms with E-state index in [9.17, 15) is 9.59 Å². The standard InChI is InChI=1S/C16H18N4O4/c1-17-13(21)7-10-24-12-5-3-11(4-6-12)20-15-14(16(22)23-2)18-8-9-19-15/h3-6,8-9H,7,10H2,1-2H3,(H,17,21)(H,19,20). The Labute approximate surface area is 139 Å². The topological polar surface area (TPSA) is 102 Å². The molecule has 1 aromatic carbocycles. The van der Waals surface area contributed by atoms with Gasteiger partial charge in [-0.25, -0.2) is 14.8 Å². The predicted molar refractivity (Wildman–Crippen MR) is 87.3 cm³/mol. The molecule has 0 bridgehead atoms. The molecule has 1 aromatic heterocycles. The van der Waals surface area contributed by atoms with Gasteiger partial charge in [0.2, 0.25) is 5.91 Å². The molecule has 0 fully saturated rings. The summed E-state index contributed by atoms with van der Waals surface area (Å²) >= 11 is 0. The number of anilines is 2. The number of methoxy groups -OCH3 is 1. The van der Waals surface area contributed by atoms with E-state index in [1.54, 1.807) is 31.3 Å². The van der Waals surface area contributed by atoms with Crippen LogP contribution < -0.4 is 15.4 Å². The van der Waals surface area contributed by atoms with Gasteiger partial charge in [-0.2, -0.15) is 0 Å². The van der Waals surface area contributed by atoms with Crippen LogP contribution in [-0.4, -0.2) is 42.6 Å². The molecule has 1 amide bonds. The van der Waals surface area contributed by atoms with E-state index in [-0.39, 0.29) is 11.6 Å². The minimum absolute atomic E-state index is 0.0775. The van der Waals surface area contributed by atoms with E-state index in [1.165, 1.54) is 19.5 Å². The molecule has 8 nitrogen and oxygen atoms in total. The Morgan fingerprint density at radius 2 is 1.83 bits per heavy atom. The minimum atomic E-state index is -0.570. The van der Waals surface area contributed by atoms with Crippen LogP contribution in [0.3, 0.4) is 0 Å². The average Bonchev–Trinajstić information content (AvgIpc) is 2.62. The van der Waals surface area contributed by atoms with Crippen LogP contribution in [0.2, 0.25) is 0 Å². The lowest BCUT2D eigenvalue weighted by Crippen LogP contribution is -2.20. The molecule has 0 aliphatic carbocycles. The Morgan fingerprint density at radius 1 is 1.12 bits per heavy atom. The van der Waals surface area contributed by atoms with E-state index in [0.29, 0.717) is 30.3 Å². The summed E-state index contributed by atoms with van der Waals surface area (Å²) in [5.41, 5.74) is 0.810. The van der Waals surface area contributed by atoms with Crippen LogP contribution in [0.5, 0.6) is 5.75 Å². The van der Waals surface area contributed by atoms with Gasteiger partial charge in [-0.3, -0.25) is 4.79 Å². The fraction of sp³-hybridized carbons (Fsp3) is 0.250. The Bertz CT molecular complexity index is 703. The van der Waals surface area contributed by atoms with Crippen molar-refractivity contribution in [3.05, 3.63) is 42.4 Å². The zero-order chi connectivity index (χ0) is 17.4. The molecule has 0 unspecified atom stereocenters. The fourth-order valence-corrected chi connectivity index (χ4v) is 1.83. The molecule has 0 saturated carbocycles. The monoisotopic (exact) mass is 330 g/mol. The first-order valence-corrected chi connectivity index (χ1v) is 7.24. The van der Waals surface area contributed by atoms with Crippen molar-refractivity contribution in [1.29, 1.82) is 0 Å². The van der Waals surface area contributed by atoms with E-state index in [0.717, 1.165) is 0 Å². The molecule has 126 valence electrons. The molecule has 0 aliphatic heterocycles. The first-order valence-electron chi connectivity index (χ1n) is 7.24. The quantitative estimate of drug-likeness (QED) is 0.742. The Morgan fingerprint density at radius 3 is 2.50 bits per heavy atom. The lowest BCUT2D eigenvalue weighted by Gasteiger charge is -2.10. The number of nitrogens with zero attached hydrogens (tertiary/aromatic N) is 2. The molecular weight excluding hydrogens is 312 g/mol. The van der Waals surface area contributed by atoms with Crippen molar-refractivity contribution >= 4 is 23.4 Å². The highest BCUT2D eigenvalue weighted by atomic mass is 16.5. The molecule has 1 heterocycles. The molecule has 24 heavy (non-hydrogen) atoms. The van der Waals surface area contributed by atoms with Gasteiger partial charge in [-0.15, -0.1) is 0 Å². The van der Waals surface area contributed by atoms with E-state index < -0.39 is 5.97 Å². The molecular formula is C16H18N4O4. The van der Waals surface area contributed by atoms with Crippen molar-refractivity contribution in [1.82, 2.24) is 15.3 Å². The van der Waals surface area contributed by atoms with Gasteiger partial charge in [0.1, 0.15) is 5.75 Å². The van der Waals surface area contributed by atoms with Crippen LogP contribution in [-0.2, 0) is 9.53 Å². The van der Waals surface area contributed by atoms with Gasteiger partial charge in [0, 0.05) is 25.1 Å². The van der Waals surface area contributed by atoms with Crippen molar-refractivity contribution in [3.8, 4) is 5.75 Å². The number of hydrogen-bond donors (Lipinski definition) is 2. The number of amides is 1. The molecule has 0 atom stereocenters. The number of nitrogens with one attached hydrogen (secondary N) is 2. The summed E-state index contributed by atoms with van der Waals surface area (Å²) in [5, 5.41) is 5.53. The molecule has 2 N–H and O–H groups in total. The number of carbonyl (C=O) groups excluding carboxylic acids is 2. The van der Waals surface area contributed by atoms with Gasteiger partial charge in [0.05, 0.1) is 20.1 Å². The van der Waals surface area contributed by atoms with Gasteiger partial charge in [-0.1, -0.05) is 0 Å². The third kappa shape index (κ3) is 4.67. The number of aromatic nitrogens is 2. The largest absolute Gasteiger partial charge is 0.493 e. The van der Waals surface area contributed by atoms with E-state index in [1.807, 2.05) is 0 Å². The Kier molecular flexibility index (Phi) is 6.07. The second-order valence-electron chi connectivity index (χ2n) is 4.67. The van der Waals surface area contributed by atoms with Crippen molar-refractivity contribution in [2.24, 2.45) is 0 Å². The van der Waals surface area contributed by atoms with Crippen molar-refractivity contribution < 1.29 is 19.1 Å². The van der Waals surface area contributed by atoms with Crippen LogP contribution in [0.25, 0.3) is 0 Å². The van der Waals surface area contributed by atoms with Crippen LogP contribution in [0, 0.1) is 0 Å². The highest BCUT2D eigenvalue weighted by molar-refractivity contribution is 5.93. The predicted octanol–water partition coefficient (Wildman–Crippen LogP) is 1.52. The summed E-state index contributed by atoms with van der Waals surface area (Å²) in [6.07, 6.45) is 3.18. The van der Waals surface area contributed by atoms with Gasteiger partial charge >= 0.3 is 5.97 Å². The van der Waals surface area contributed by atoms with Gasteiger partial charge in [0.15, 0.2) is 11.5 Å². The molecule has 0 aliphatic rings. The van der Waals surface area contributed by atoms with Crippen molar-refractivity contribution in [2.45, 2.75) is 6.42 Å². The van der Waals surface area contributed by atoms with Gasteiger partial charge in [-0.05, 0) is 24.3 Å². The average molecular weight is 330 g/mol. The third-order valence-electron chi connectivity index (χ3n) is 3.07. The summed E-state index contributed by atoms with van der Waals surface area (Å²) in [6.45, 7) is 0.295. The lowest BCUT2D eigenvalue weighted by molar-refractivity contribution is -0.121. The zero-order valence-electron chi connectivity index (χ0n) is 13.4. The number of carbonyl (C=O) groups is 2. The summed E-state index contributed by atoms with van der Waals surface area (Å²) in [6, 6.07) is 7.04. The summed E-state index contributed by atoms with van der Waals surface area (Å²) in [4.78, 5) is 30.8. The van der Waals surface area contributed by atoms with E-state index in [2.05, 4.69) is 25.3 Å². The van der Waals surface area contributed by atoms with Crippen LogP contribution in [0.15, 0.2) is 36.7 Å². The van der Waals surface area contributed by atoms with Crippen LogP contribution in [0.4, 0.5) is 11.5 Å². The molecule has 8 heteroatoms. The maximum atomic E-state index is 11.7. The minimum Gasteiger partial charge on any atom is -0.493 e. The molecule has 0 radical (unpaired) electrons. The van der Waals surface area contributed by atoms with E-state index >= 15 is 0 Å². The van der Waals surface area contributed by atoms with Crippen molar-refractivity contribution in [3.63, 3.8) is 0 Å². The number of rotatable bonds is 7. The fourth-order valence-electron chi connectivity index (χ4n) is 1.83. The first-order chi connectivity index (χ1) is 11.6. The normalized spacial score (nSPS) is 9.92. The summed E-state index contributed by atoms with van der Waals surface area (Å²) in [7, 11) is 2.86. The number of ether oxygens (including phenoxy) is 2. The van der Waals surface area contributed by atoms with E-state index in [4.69, 9.17) is 4.74 Å². The Hall–Kier alpha value is -3.16. The molecule has 2 aromatic rings. The maximum Gasteiger partial charge on any atom is 0.360 e. The lowest BCUT2D eigenvalue weighted by atomic mass is 10.3. The maximum absolute atomic E-state index is 11.7. The number of esters is 1. The van der Waals surface area contributed by atoms with Crippen LogP contribution >= 0.6 is 0 Å². The summed E-state index contributed by atoms with van der Waals surface area (Å²) < 4.78 is 10.1. The molecule has 0 saturated heterocycles. The van der Waals surface area contributed by atoms with Crippen LogP contribution in [0.1, 0.15) is 16.9 Å². The Balaban J connectivity index is 1.99. The summed E-state index contributed by atoms with van der Waals surface area (Å²) in [5.74, 6) is 0.292. The van der Waals surface area contributed by atoms with Gasteiger partial charge < -0.3 is 20.1 Å². The molecule has 2 rings (SSSR count). The number of benzene rings is 1. The SMILES string of the molecule is CNC(=O)CCOc1ccc(Nc2nccnc2C(=O)OC)cc1. The second-order valence-corrected chi connectivity index (χ2v) is 4.67. The highest BCUT2D eigenvalue weighted by Gasteiger charge is 2.14. The van der Waals surface area contributed by atoms with Gasteiger partial charge in [0.25, 0.3) is 0 Å². The highest BCUT2D eigenvalue weighted by Crippen LogP contribution is 2.20. The smallest absolute Gasteiger partial charge is 0.360 e. The third-order valence-corrected chi connectivity index (χ3v) is 3.07. The molecule has 0 spiro atoms.